The molecule has 0 spiro atoms. The van der Waals surface area contributed by atoms with Crippen molar-refractivity contribution in [3.63, 3.8) is 0 Å². The first-order valence-corrected chi connectivity index (χ1v) is 5.56. The van der Waals surface area contributed by atoms with Crippen LogP contribution in [0.4, 0.5) is 10.1 Å². The third kappa shape index (κ3) is 1.25. The summed E-state index contributed by atoms with van der Waals surface area (Å²) in [4.78, 5) is 25.5. The van der Waals surface area contributed by atoms with E-state index in [2.05, 4.69) is 10.2 Å². The molecule has 0 N–H and O–H groups in total. The summed E-state index contributed by atoms with van der Waals surface area (Å²) in [6, 6.07) is 5.25. The Bertz CT molecular complexity index is 569. The lowest BCUT2D eigenvalue weighted by atomic mass is 9.90. The summed E-state index contributed by atoms with van der Waals surface area (Å²) in [6.07, 6.45) is 0. The number of carbonyl (C=O) groups is 2. The molecule has 2 aliphatic rings. The molecule has 6 heteroatoms. The van der Waals surface area contributed by atoms with Gasteiger partial charge in [0.05, 0.1) is 18.2 Å². The predicted octanol–water partition coefficient (Wildman–Crippen LogP) is 1.54. The molecular weight excluding hydrogens is 237 g/mol. The lowest BCUT2D eigenvalue weighted by Gasteiger charge is -2.16. The van der Waals surface area contributed by atoms with Crippen LogP contribution < -0.4 is 4.90 Å². The van der Waals surface area contributed by atoms with Gasteiger partial charge in [-0.05, 0) is 31.2 Å². The summed E-state index contributed by atoms with van der Waals surface area (Å²) >= 11 is 0. The van der Waals surface area contributed by atoms with Crippen LogP contribution in [0.5, 0.6) is 0 Å². The van der Waals surface area contributed by atoms with E-state index in [1.807, 2.05) is 0 Å². The summed E-state index contributed by atoms with van der Waals surface area (Å²) in [5.74, 6) is -1.66. The topological polar surface area (TPSA) is 62.1 Å². The molecule has 92 valence electrons. The molecule has 1 aromatic carbocycles. The average Bonchev–Trinajstić information content (AvgIpc) is 2.81. The average molecular weight is 247 g/mol. The maximum atomic E-state index is 12.9. The van der Waals surface area contributed by atoms with E-state index >= 15 is 0 Å². The standard InChI is InChI=1S/C12H10FN3O2/c1-12-9(6-14-15-12)10(17)16(11(12)18)8-4-2-7(13)3-5-8/h2-5,9H,6H2,1H3/t9-,12+/m1/s1. The highest BCUT2D eigenvalue weighted by atomic mass is 19.1. The Morgan fingerprint density at radius 1 is 1.33 bits per heavy atom. The largest absolute Gasteiger partial charge is 0.274 e. The molecule has 0 saturated carbocycles. The van der Waals surface area contributed by atoms with Crippen LogP contribution in [0.1, 0.15) is 6.92 Å². The van der Waals surface area contributed by atoms with Crippen molar-refractivity contribution < 1.29 is 14.0 Å². The summed E-state index contributed by atoms with van der Waals surface area (Å²) in [6.45, 7) is 1.84. The highest BCUT2D eigenvalue weighted by Gasteiger charge is 2.59. The van der Waals surface area contributed by atoms with Crippen molar-refractivity contribution in [1.29, 1.82) is 0 Å². The van der Waals surface area contributed by atoms with Crippen LogP contribution in [0.15, 0.2) is 34.5 Å². The number of fused-ring (bicyclic) bond motifs is 1. The molecule has 0 radical (unpaired) electrons. The van der Waals surface area contributed by atoms with Crippen LogP contribution in [0, 0.1) is 11.7 Å². The number of amides is 2. The van der Waals surface area contributed by atoms with Gasteiger partial charge in [-0.1, -0.05) is 0 Å². The van der Waals surface area contributed by atoms with E-state index < -0.39 is 23.2 Å². The zero-order valence-corrected chi connectivity index (χ0v) is 9.63. The minimum absolute atomic E-state index is 0.235. The molecule has 2 amide bonds. The number of hydrogen-bond donors (Lipinski definition) is 0. The summed E-state index contributed by atoms with van der Waals surface area (Å²) < 4.78 is 12.9. The summed E-state index contributed by atoms with van der Waals surface area (Å²) in [5.41, 5.74) is -0.719. The third-order valence-electron chi connectivity index (χ3n) is 3.46. The second-order valence-corrected chi connectivity index (χ2v) is 4.58. The van der Waals surface area contributed by atoms with Crippen molar-refractivity contribution in [3.8, 4) is 0 Å². The number of anilines is 1. The molecule has 0 unspecified atom stereocenters. The van der Waals surface area contributed by atoms with Gasteiger partial charge in [0.1, 0.15) is 5.82 Å². The van der Waals surface area contributed by atoms with E-state index in [0.717, 1.165) is 4.90 Å². The van der Waals surface area contributed by atoms with Crippen LogP contribution in [-0.4, -0.2) is 23.9 Å². The Labute approximate surface area is 102 Å². The molecule has 3 rings (SSSR count). The van der Waals surface area contributed by atoms with Crippen molar-refractivity contribution >= 4 is 17.5 Å². The zero-order valence-electron chi connectivity index (χ0n) is 9.63. The first-order chi connectivity index (χ1) is 8.54. The highest BCUT2D eigenvalue weighted by Crippen LogP contribution is 2.40. The lowest BCUT2D eigenvalue weighted by Crippen LogP contribution is -2.37. The van der Waals surface area contributed by atoms with Crippen molar-refractivity contribution in [3.05, 3.63) is 30.1 Å². The van der Waals surface area contributed by atoms with E-state index in [1.54, 1.807) is 6.92 Å². The lowest BCUT2D eigenvalue weighted by molar-refractivity contribution is -0.122. The third-order valence-corrected chi connectivity index (χ3v) is 3.46. The van der Waals surface area contributed by atoms with Crippen LogP contribution in [0.3, 0.4) is 0 Å². The molecule has 1 aromatic rings. The fraction of sp³-hybridized carbons (Fsp3) is 0.333. The van der Waals surface area contributed by atoms with Gasteiger partial charge in [0, 0.05) is 0 Å². The zero-order chi connectivity index (χ0) is 12.9. The van der Waals surface area contributed by atoms with Crippen LogP contribution >= 0.6 is 0 Å². The van der Waals surface area contributed by atoms with E-state index in [4.69, 9.17) is 0 Å². The fourth-order valence-electron chi connectivity index (χ4n) is 2.34. The Hall–Kier alpha value is -2.11. The monoisotopic (exact) mass is 247 g/mol. The van der Waals surface area contributed by atoms with Crippen LogP contribution in [-0.2, 0) is 9.59 Å². The van der Waals surface area contributed by atoms with Crippen molar-refractivity contribution in [1.82, 2.24) is 0 Å². The normalized spacial score (nSPS) is 30.1. The molecule has 18 heavy (non-hydrogen) atoms. The van der Waals surface area contributed by atoms with Gasteiger partial charge < -0.3 is 0 Å². The quantitative estimate of drug-likeness (QED) is 0.706. The first-order valence-electron chi connectivity index (χ1n) is 5.56. The number of azo groups is 1. The molecule has 2 aliphatic heterocycles. The highest BCUT2D eigenvalue weighted by molar-refractivity contribution is 6.25. The van der Waals surface area contributed by atoms with Crippen LogP contribution in [0.25, 0.3) is 0 Å². The number of halogens is 1. The van der Waals surface area contributed by atoms with Gasteiger partial charge in [0.15, 0.2) is 5.54 Å². The number of nitrogens with zero attached hydrogens (tertiary/aromatic N) is 3. The summed E-state index contributed by atoms with van der Waals surface area (Å²) in [5, 5.41) is 7.67. The van der Waals surface area contributed by atoms with E-state index in [1.165, 1.54) is 24.3 Å². The van der Waals surface area contributed by atoms with Crippen molar-refractivity contribution in [2.45, 2.75) is 12.5 Å². The van der Waals surface area contributed by atoms with Crippen molar-refractivity contribution in [2.24, 2.45) is 16.1 Å². The predicted molar refractivity (Wildman–Crippen MR) is 60.5 cm³/mol. The minimum atomic E-state index is -1.09. The second-order valence-electron chi connectivity index (χ2n) is 4.58. The molecule has 1 saturated heterocycles. The van der Waals surface area contributed by atoms with E-state index in [9.17, 15) is 14.0 Å². The van der Waals surface area contributed by atoms with Crippen molar-refractivity contribution in [2.75, 3.05) is 11.4 Å². The number of carbonyl (C=O) groups excluding carboxylic acids is 2. The molecule has 5 nitrogen and oxygen atoms in total. The van der Waals surface area contributed by atoms with Gasteiger partial charge in [-0.15, -0.1) is 0 Å². The second kappa shape index (κ2) is 3.44. The van der Waals surface area contributed by atoms with Gasteiger partial charge in [-0.3, -0.25) is 9.59 Å². The Morgan fingerprint density at radius 2 is 2.00 bits per heavy atom. The fourth-order valence-corrected chi connectivity index (χ4v) is 2.34. The minimum Gasteiger partial charge on any atom is -0.274 e. The first kappa shape index (κ1) is 11.0. The van der Waals surface area contributed by atoms with Gasteiger partial charge in [0.25, 0.3) is 5.91 Å². The van der Waals surface area contributed by atoms with Gasteiger partial charge in [-0.2, -0.15) is 10.2 Å². The van der Waals surface area contributed by atoms with Gasteiger partial charge in [-0.25, -0.2) is 9.29 Å². The Kier molecular flexibility index (Phi) is 2.10. The SMILES string of the molecule is C[C@]12N=NC[C@@H]1C(=O)N(c1ccc(F)cc1)C2=O. The molecule has 2 atom stereocenters. The van der Waals surface area contributed by atoms with Gasteiger partial charge >= 0.3 is 0 Å². The molecule has 0 aromatic heterocycles. The molecule has 2 heterocycles. The Morgan fingerprint density at radius 3 is 2.61 bits per heavy atom. The van der Waals surface area contributed by atoms with E-state index in [0.29, 0.717) is 5.69 Å². The molecule has 1 fully saturated rings. The van der Waals surface area contributed by atoms with E-state index in [-0.39, 0.29) is 12.5 Å². The molecule has 0 aliphatic carbocycles. The number of rotatable bonds is 1. The maximum absolute atomic E-state index is 12.9. The van der Waals surface area contributed by atoms with Gasteiger partial charge in [0.2, 0.25) is 5.91 Å². The summed E-state index contributed by atoms with van der Waals surface area (Å²) in [7, 11) is 0. The number of imide groups is 1. The number of benzene rings is 1. The smallest absolute Gasteiger partial charge is 0.264 e. The molecule has 0 bridgehead atoms. The maximum Gasteiger partial charge on any atom is 0.264 e. The molecular formula is C12H10FN3O2. The Balaban J connectivity index is 2.04. The number of hydrogen-bond acceptors (Lipinski definition) is 4. The van der Waals surface area contributed by atoms with Crippen LogP contribution in [0.2, 0.25) is 0 Å².